The number of carbonyl (C=O) groups excluding carboxylic acids is 1. The van der Waals surface area contributed by atoms with Gasteiger partial charge in [-0.1, -0.05) is 11.6 Å². The molecule has 24 heavy (non-hydrogen) atoms. The second kappa shape index (κ2) is 10.1. The third-order valence-corrected chi connectivity index (χ3v) is 4.22. The summed E-state index contributed by atoms with van der Waals surface area (Å²) >= 11 is 0. The lowest BCUT2D eigenvalue weighted by molar-refractivity contribution is 0.0947. The van der Waals surface area contributed by atoms with E-state index in [9.17, 15) is 4.79 Å². The van der Waals surface area contributed by atoms with Crippen LogP contribution in [0.4, 0.5) is 5.69 Å². The molecule has 0 unspecified atom stereocenters. The molecule has 0 atom stereocenters. The summed E-state index contributed by atoms with van der Waals surface area (Å²) in [6.07, 6.45) is 11.3. The molecule has 0 saturated heterocycles. The summed E-state index contributed by atoms with van der Waals surface area (Å²) in [5.74, 6) is -0.104. The summed E-state index contributed by atoms with van der Waals surface area (Å²) in [6, 6.07) is 3.71. The van der Waals surface area contributed by atoms with Gasteiger partial charge in [-0.25, -0.2) is 4.98 Å². The third-order valence-electron chi connectivity index (χ3n) is 4.22. The SMILES string of the molecule is CN(C)CCCNC(=O)c1ccc(NCCC2=CCCCC2)cn1. The van der Waals surface area contributed by atoms with Crippen molar-refractivity contribution in [3.05, 3.63) is 35.7 Å². The molecule has 2 N–H and O–H groups in total. The highest BCUT2D eigenvalue weighted by Crippen LogP contribution is 2.20. The number of amides is 1. The normalized spacial score (nSPS) is 14.4. The summed E-state index contributed by atoms with van der Waals surface area (Å²) < 4.78 is 0. The van der Waals surface area contributed by atoms with E-state index in [0.717, 1.165) is 31.6 Å². The van der Waals surface area contributed by atoms with E-state index in [1.54, 1.807) is 17.8 Å². The van der Waals surface area contributed by atoms with E-state index >= 15 is 0 Å². The summed E-state index contributed by atoms with van der Waals surface area (Å²) in [7, 11) is 4.06. The van der Waals surface area contributed by atoms with Gasteiger partial charge >= 0.3 is 0 Å². The highest BCUT2D eigenvalue weighted by Gasteiger charge is 2.07. The summed E-state index contributed by atoms with van der Waals surface area (Å²) in [5, 5.41) is 6.29. The average Bonchev–Trinajstić information content (AvgIpc) is 2.60. The minimum Gasteiger partial charge on any atom is -0.383 e. The van der Waals surface area contributed by atoms with Gasteiger partial charge in [-0.05, 0) is 71.3 Å². The zero-order valence-electron chi connectivity index (χ0n) is 15.0. The van der Waals surface area contributed by atoms with E-state index in [4.69, 9.17) is 0 Å². The van der Waals surface area contributed by atoms with Gasteiger partial charge in [0, 0.05) is 13.1 Å². The fraction of sp³-hybridized carbons (Fsp3) is 0.579. The summed E-state index contributed by atoms with van der Waals surface area (Å²) in [5.41, 5.74) is 3.01. The number of pyridine rings is 1. The Kier molecular flexibility index (Phi) is 7.75. The lowest BCUT2D eigenvalue weighted by Gasteiger charge is -2.13. The number of nitrogens with zero attached hydrogens (tertiary/aromatic N) is 2. The van der Waals surface area contributed by atoms with Crippen molar-refractivity contribution in [3.8, 4) is 0 Å². The smallest absolute Gasteiger partial charge is 0.269 e. The molecule has 0 spiro atoms. The van der Waals surface area contributed by atoms with Gasteiger partial charge in [0.1, 0.15) is 5.69 Å². The minimum atomic E-state index is -0.104. The molecule has 0 saturated carbocycles. The molecule has 2 rings (SSSR count). The highest BCUT2D eigenvalue weighted by molar-refractivity contribution is 5.92. The van der Waals surface area contributed by atoms with E-state index in [-0.39, 0.29) is 5.91 Å². The molecule has 0 radical (unpaired) electrons. The zero-order chi connectivity index (χ0) is 17.2. The first-order chi connectivity index (χ1) is 11.6. The lowest BCUT2D eigenvalue weighted by atomic mass is 9.97. The molecule has 0 aliphatic heterocycles. The van der Waals surface area contributed by atoms with Crippen LogP contribution in [-0.2, 0) is 0 Å². The molecule has 1 aromatic heterocycles. The highest BCUT2D eigenvalue weighted by atomic mass is 16.1. The first-order valence-electron chi connectivity index (χ1n) is 8.96. The Labute approximate surface area is 145 Å². The van der Waals surface area contributed by atoms with E-state index < -0.39 is 0 Å². The van der Waals surface area contributed by atoms with Gasteiger partial charge in [0.15, 0.2) is 0 Å². The van der Waals surface area contributed by atoms with E-state index in [1.807, 2.05) is 20.2 Å². The number of aromatic nitrogens is 1. The number of allylic oxidation sites excluding steroid dienone is 1. The minimum absolute atomic E-state index is 0.104. The third kappa shape index (κ3) is 6.71. The van der Waals surface area contributed by atoms with Crippen LogP contribution in [0.5, 0.6) is 0 Å². The average molecular weight is 330 g/mol. The van der Waals surface area contributed by atoms with Crippen LogP contribution < -0.4 is 10.6 Å². The Balaban J connectivity index is 1.69. The van der Waals surface area contributed by atoms with Crippen molar-refractivity contribution < 1.29 is 4.79 Å². The zero-order valence-corrected chi connectivity index (χ0v) is 15.0. The Morgan fingerprint density at radius 3 is 2.79 bits per heavy atom. The number of hydrogen-bond acceptors (Lipinski definition) is 4. The second-order valence-corrected chi connectivity index (χ2v) is 6.63. The van der Waals surface area contributed by atoms with Crippen molar-refractivity contribution in [3.63, 3.8) is 0 Å². The lowest BCUT2D eigenvalue weighted by Crippen LogP contribution is -2.27. The second-order valence-electron chi connectivity index (χ2n) is 6.63. The van der Waals surface area contributed by atoms with Gasteiger partial charge in [-0.2, -0.15) is 0 Å². The largest absolute Gasteiger partial charge is 0.383 e. The van der Waals surface area contributed by atoms with Gasteiger partial charge in [-0.3, -0.25) is 4.79 Å². The molecule has 1 aromatic rings. The number of nitrogens with one attached hydrogen (secondary N) is 2. The number of carbonyl (C=O) groups is 1. The first-order valence-corrected chi connectivity index (χ1v) is 8.96. The predicted octanol–water partition coefficient (Wildman–Crippen LogP) is 3.07. The van der Waals surface area contributed by atoms with Crippen LogP contribution in [0.2, 0.25) is 0 Å². The van der Waals surface area contributed by atoms with Gasteiger partial charge in [0.2, 0.25) is 0 Å². The summed E-state index contributed by atoms with van der Waals surface area (Å²) in [4.78, 5) is 18.4. The number of hydrogen-bond donors (Lipinski definition) is 2. The quantitative estimate of drug-likeness (QED) is 0.540. The van der Waals surface area contributed by atoms with Crippen molar-refractivity contribution >= 4 is 11.6 Å². The monoisotopic (exact) mass is 330 g/mol. The molecule has 5 nitrogen and oxygen atoms in total. The maximum atomic E-state index is 12.0. The first kappa shape index (κ1) is 18.5. The van der Waals surface area contributed by atoms with Crippen molar-refractivity contribution in [2.45, 2.75) is 38.5 Å². The predicted molar refractivity (Wildman–Crippen MR) is 99.4 cm³/mol. The topological polar surface area (TPSA) is 57.3 Å². The molecule has 5 heteroatoms. The number of rotatable bonds is 9. The Hall–Kier alpha value is -1.88. The van der Waals surface area contributed by atoms with Gasteiger partial charge in [-0.15, -0.1) is 0 Å². The summed E-state index contributed by atoms with van der Waals surface area (Å²) in [6.45, 7) is 2.56. The van der Waals surface area contributed by atoms with E-state index in [2.05, 4.69) is 26.6 Å². The van der Waals surface area contributed by atoms with Crippen LogP contribution in [0.3, 0.4) is 0 Å². The molecule has 1 heterocycles. The van der Waals surface area contributed by atoms with Crippen molar-refractivity contribution in [2.75, 3.05) is 39.0 Å². The van der Waals surface area contributed by atoms with Crippen molar-refractivity contribution in [1.82, 2.24) is 15.2 Å². The van der Waals surface area contributed by atoms with Crippen LogP contribution in [0.25, 0.3) is 0 Å². The van der Waals surface area contributed by atoms with Crippen LogP contribution in [-0.4, -0.2) is 49.5 Å². The maximum absolute atomic E-state index is 12.0. The Bertz CT molecular complexity index is 537. The number of anilines is 1. The van der Waals surface area contributed by atoms with E-state index in [1.165, 1.54) is 25.7 Å². The molecule has 0 bridgehead atoms. The maximum Gasteiger partial charge on any atom is 0.269 e. The van der Waals surface area contributed by atoms with Gasteiger partial charge in [0.05, 0.1) is 11.9 Å². The fourth-order valence-corrected chi connectivity index (χ4v) is 2.82. The van der Waals surface area contributed by atoms with Crippen LogP contribution in [0.15, 0.2) is 30.0 Å². The Morgan fingerprint density at radius 1 is 1.25 bits per heavy atom. The standard InChI is InChI=1S/C19H30N4O/c1-23(2)14-6-12-21-19(24)18-10-9-17(15-22-18)20-13-11-16-7-4-3-5-8-16/h7,9-10,15,20H,3-6,8,11-14H2,1-2H3,(H,21,24). The van der Waals surface area contributed by atoms with Gasteiger partial charge < -0.3 is 15.5 Å². The molecule has 0 aromatic carbocycles. The molecular formula is C19H30N4O. The molecule has 1 aliphatic rings. The van der Waals surface area contributed by atoms with E-state index in [0.29, 0.717) is 12.2 Å². The molecule has 1 aliphatic carbocycles. The fourth-order valence-electron chi connectivity index (χ4n) is 2.82. The Morgan fingerprint density at radius 2 is 2.12 bits per heavy atom. The van der Waals surface area contributed by atoms with Crippen LogP contribution in [0.1, 0.15) is 49.0 Å². The molecule has 132 valence electrons. The van der Waals surface area contributed by atoms with Crippen molar-refractivity contribution in [1.29, 1.82) is 0 Å². The molecule has 0 fully saturated rings. The van der Waals surface area contributed by atoms with Crippen LogP contribution in [0, 0.1) is 0 Å². The molecule has 1 amide bonds. The van der Waals surface area contributed by atoms with Crippen molar-refractivity contribution in [2.24, 2.45) is 0 Å². The van der Waals surface area contributed by atoms with Gasteiger partial charge in [0.25, 0.3) is 5.91 Å². The van der Waals surface area contributed by atoms with Crippen LogP contribution >= 0.6 is 0 Å². The molecular weight excluding hydrogens is 300 g/mol.